The van der Waals surface area contributed by atoms with Crippen molar-refractivity contribution in [2.75, 3.05) is 18.0 Å². The molecule has 1 unspecified atom stereocenters. The zero-order valence-corrected chi connectivity index (χ0v) is 14.4. The summed E-state index contributed by atoms with van der Waals surface area (Å²) in [5.74, 6) is 0.754. The summed E-state index contributed by atoms with van der Waals surface area (Å²) in [6.07, 6.45) is 8.41. The van der Waals surface area contributed by atoms with E-state index in [2.05, 4.69) is 42.2 Å². The molecule has 1 saturated heterocycles. The van der Waals surface area contributed by atoms with Gasteiger partial charge in [0.05, 0.1) is 22.5 Å². The van der Waals surface area contributed by atoms with Crippen molar-refractivity contribution < 1.29 is 4.79 Å². The Morgan fingerprint density at radius 2 is 1.73 bits per heavy atom. The fourth-order valence-electron chi connectivity index (χ4n) is 4.23. The molecule has 0 radical (unpaired) electrons. The van der Waals surface area contributed by atoms with Crippen molar-refractivity contribution in [2.45, 2.75) is 12.5 Å². The quantitative estimate of drug-likeness (QED) is 0.742. The number of amides is 1. The van der Waals surface area contributed by atoms with Gasteiger partial charge in [0.15, 0.2) is 0 Å². The van der Waals surface area contributed by atoms with Gasteiger partial charge >= 0.3 is 0 Å². The van der Waals surface area contributed by atoms with Crippen LogP contribution < -0.4 is 4.90 Å². The highest BCUT2D eigenvalue weighted by atomic mass is 16.2. The summed E-state index contributed by atoms with van der Waals surface area (Å²) in [5, 5.41) is 2.16. The van der Waals surface area contributed by atoms with Gasteiger partial charge in [0.25, 0.3) is 5.91 Å². The molecule has 1 fully saturated rings. The Hall–Kier alpha value is -2.98. The second-order valence-electron chi connectivity index (χ2n) is 7.44. The number of hydrogen-bond donors (Lipinski definition) is 0. The molecule has 4 heteroatoms. The van der Waals surface area contributed by atoms with Crippen LogP contribution in [0, 0.1) is 0 Å². The number of anilines is 1. The first-order chi connectivity index (χ1) is 12.7. The maximum Gasteiger partial charge on any atom is 0.264 e. The van der Waals surface area contributed by atoms with Gasteiger partial charge in [-0.1, -0.05) is 48.6 Å². The molecule has 3 heterocycles. The van der Waals surface area contributed by atoms with Gasteiger partial charge in [-0.2, -0.15) is 0 Å². The molecule has 6 rings (SSSR count). The molecule has 2 aromatic carbocycles. The van der Waals surface area contributed by atoms with Crippen LogP contribution in [0.15, 0.2) is 76.8 Å². The summed E-state index contributed by atoms with van der Waals surface area (Å²) in [6, 6.07) is 12.2. The zero-order chi connectivity index (χ0) is 17.5. The Bertz CT molecular complexity index is 1130. The number of carbonyl (C=O) groups is 1. The van der Waals surface area contributed by atoms with Crippen molar-refractivity contribution in [2.24, 2.45) is 4.99 Å². The average Bonchev–Trinajstić information content (AvgIpc) is 3.47. The Balaban J connectivity index is 1.56. The normalized spacial score (nSPS) is 26.1. The first-order valence-corrected chi connectivity index (χ1v) is 8.99. The molecule has 3 aliphatic heterocycles. The van der Waals surface area contributed by atoms with E-state index in [1.165, 1.54) is 0 Å². The van der Waals surface area contributed by atoms with E-state index in [1.807, 2.05) is 30.3 Å². The molecule has 1 amide bonds. The number of rotatable bonds is 1. The van der Waals surface area contributed by atoms with E-state index in [9.17, 15) is 4.79 Å². The van der Waals surface area contributed by atoms with E-state index in [0.717, 1.165) is 52.2 Å². The van der Waals surface area contributed by atoms with Crippen LogP contribution in [0.1, 0.15) is 6.92 Å². The molecule has 0 bridgehead atoms. The number of fused-ring (bicyclic) bond motifs is 3. The lowest BCUT2D eigenvalue weighted by molar-refractivity contribution is -0.113. The summed E-state index contributed by atoms with van der Waals surface area (Å²) in [7, 11) is 0. The minimum Gasteiger partial charge on any atom is -0.288 e. The van der Waals surface area contributed by atoms with Crippen LogP contribution in [-0.4, -0.2) is 35.3 Å². The van der Waals surface area contributed by atoms with Crippen LogP contribution in [0.25, 0.3) is 10.8 Å². The summed E-state index contributed by atoms with van der Waals surface area (Å²) in [4.78, 5) is 22.3. The minimum absolute atomic E-state index is 0.0108. The van der Waals surface area contributed by atoms with E-state index in [0.29, 0.717) is 0 Å². The molecule has 1 atom stereocenters. The van der Waals surface area contributed by atoms with Crippen LogP contribution in [0.3, 0.4) is 0 Å². The predicted octanol–water partition coefficient (Wildman–Crippen LogP) is 3.73. The predicted molar refractivity (Wildman–Crippen MR) is 104 cm³/mol. The van der Waals surface area contributed by atoms with Gasteiger partial charge < -0.3 is 0 Å². The minimum atomic E-state index is -0.122. The molecular weight excluding hydrogens is 322 g/mol. The number of nitrogens with zero attached hydrogens (tertiary/aromatic N) is 3. The van der Waals surface area contributed by atoms with Crippen LogP contribution in [-0.2, 0) is 4.79 Å². The third-order valence-corrected chi connectivity index (χ3v) is 5.81. The van der Waals surface area contributed by atoms with E-state index in [1.54, 1.807) is 4.90 Å². The second-order valence-corrected chi connectivity index (χ2v) is 7.44. The number of benzene rings is 2. The average molecular weight is 339 g/mol. The fourth-order valence-corrected chi connectivity index (χ4v) is 4.23. The molecule has 0 aromatic heterocycles. The smallest absolute Gasteiger partial charge is 0.264 e. The van der Waals surface area contributed by atoms with Crippen LogP contribution in [0.2, 0.25) is 0 Å². The van der Waals surface area contributed by atoms with Gasteiger partial charge in [-0.15, -0.1) is 0 Å². The lowest BCUT2D eigenvalue weighted by Gasteiger charge is -2.26. The molecule has 0 N–H and O–H groups in total. The van der Waals surface area contributed by atoms with Crippen molar-refractivity contribution in [3.63, 3.8) is 0 Å². The molecule has 2 aromatic rings. The Morgan fingerprint density at radius 1 is 1.00 bits per heavy atom. The van der Waals surface area contributed by atoms with Gasteiger partial charge in [-0.25, -0.2) is 4.99 Å². The fraction of sp³-hybridized carbons (Fsp3) is 0.182. The summed E-state index contributed by atoms with van der Waals surface area (Å²) in [6.45, 7) is 4.40. The Kier molecular flexibility index (Phi) is 2.51. The lowest BCUT2D eigenvalue weighted by Crippen LogP contribution is -2.34. The van der Waals surface area contributed by atoms with Crippen molar-refractivity contribution >= 4 is 33.9 Å². The van der Waals surface area contributed by atoms with Crippen LogP contribution in [0.4, 0.5) is 11.4 Å². The first kappa shape index (κ1) is 14.2. The second kappa shape index (κ2) is 4.59. The Morgan fingerprint density at radius 3 is 2.50 bits per heavy atom. The van der Waals surface area contributed by atoms with Crippen LogP contribution >= 0.6 is 0 Å². The van der Waals surface area contributed by atoms with Gasteiger partial charge in [0, 0.05) is 24.0 Å². The summed E-state index contributed by atoms with van der Waals surface area (Å²) in [5.41, 5.74) is 3.39. The van der Waals surface area contributed by atoms with Gasteiger partial charge in [0.2, 0.25) is 0 Å². The van der Waals surface area contributed by atoms with E-state index >= 15 is 0 Å². The van der Waals surface area contributed by atoms with Crippen molar-refractivity contribution in [1.82, 2.24) is 4.90 Å². The molecule has 4 aliphatic rings. The van der Waals surface area contributed by atoms with Crippen molar-refractivity contribution in [1.29, 1.82) is 0 Å². The SMILES string of the molecule is CC1(N2CC2)C=CC2=C(C=C1)C1=Nc3cccc4cccc(c34)N1C2=O. The lowest BCUT2D eigenvalue weighted by atomic mass is 10.0. The Labute approximate surface area is 151 Å². The van der Waals surface area contributed by atoms with Crippen molar-refractivity contribution in [3.05, 3.63) is 71.8 Å². The molecule has 26 heavy (non-hydrogen) atoms. The zero-order valence-electron chi connectivity index (χ0n) is 14.4. The molecular formula is C22H17N3O. The molecule has 1 aliphatic carbocycles. The molecule has 126 valence electrons. The van der Waals surface area contributed by atoms with E-state index in [-0.39, 0.29) is 11.4 Å². The number of aliphatic imine (C=N–C) groups is 1. The highest BCUT2D eigenvalue weighted by Crippen LogP contribution is 2.44. The number of hydrogen-bond acceptors (Lipinski definition) is 3. The maximum absolute atomic E-state index is 13.3. The molecule has 4 nitrogen and oxygen atoms in total. The van der Waals surface area contributed by atoms with Crippen molar-refractivity contribution in [3.8, 4) is 0 Å². The van der Waals surface area contributed by atoms with E-state index < -0.39 is 0 Å². The summed E-state index contributed by atoms with van der Waals surface area (Å²) < 4.78 is 0. The van der Waals surface area contributed by atoms with Gasteiger partial charge in [-0.05, 0) is 24.4 Å². The molecule has 0 spiro atoms. The maximum atomic E-state index is 13.3. The largest absolute Gasteiger partial charge is 0.288 e. The topological polar surface area (TPSA) is 35.7 Å². The number of amidine groups is 1. The third-order valence-electron chi connectivity index (χ3n) is 5.81. The number of carbonyl (C=O) groups excluding carboxylic acids is 1. The monoisotopic (exact) mass is 339 g/mol. The standard InChI is InChI=1S/C22H17N3O/c1-22(24-12-13-24)10-8-15-16(9-11-22)21(26)25-18-7-3-5-14-4-2-6-17(19(14)18)23-20(15)25/h2-11H,12-13H2,1H3. The highest BCUT2D eigenvalue weighted by molar-refractivity contribution is 6.40. The molecule has 0 saturated carbocycles. The highest BCUT2D eigenvalue weighted by Gasteiger charge is 2.41. The van der Waals surface area contributed by atoms with Gasteiger partial charge in [-0.3, -0.25) is 14.6 Å². The van der Waals surface area contributed by atoms with Gasteiger partial charge in [0.1, 0.15) is 5.84 Å². The van der Waals surface area contributed by atoms with Crippen LogP contribution in [0.5, 0.6) is 0 Å². The first-order valence-electron chi connectivity index (χ1n) is 8.99. The third kappa shape index (κ3) is 1.72. The van der Waals surface area contributed by atoms with E-state index in [4.69, 9.17) is 4.99 Å². The summed E-state index contributed by atoms with van der Waals surface area (Å²) >= 11 is 0.